The number of aromatic nitrogens is 3. The van der Waals surface area contributed by atoms with E-state index in [1.807, 2.05) is 25.2 Å². The van der Waals surface area contributed by atoms with Gasteiger partial charge >= 0.3 is 0 Å². The fraction of sp³-hybridized carbons (Fsp3) is 0.250. The van der Waals surface area contributed by atoms with Crippen LogP contribution in [0.15, 0.2) is 18.2 Å². The summed E-state index contributed by atoms with van der Waals surface area (Å²) in [5.74, 6) is 0. The molecule has 62 valence electrons. The lowest BCUT2D eigenvalue weighted by molar-refractivity contribution is 0.283. The summed E-state index contributed by atoms with van der Waals surface area (Å²) < 4.78 is 1.69. The maximum absolute atomic E-state index is 8.97. The van der Waals surface area contributed by atoms with Gasteiger partial charge in [-0.1, -0.05) is 17.3 Å². The Labute approximate surface area is 69.4 Å². The Morgan fingerprint density at radius 1 is 1.50 bits per heavy atom. The van der Waals surface area contributed by atoms with Crippen molar-refractivity contribution >= 4 is 11.0 Å². The monoisotopic (exact) mass is 163 g/mol. The lowest BCUT2D eigenvalue weighted by atomic mass is 10.2. The first kappa shape index (κ1) is 7.24. The third-order valence-corrected chi connectivity index (χ3v) is 1.90. The lowest BCUT2D eigenvalue weighted by Gasteiger charge is -1.95. The Bertz CT molecular complexity index is 408. The van der Waals surface area contributed by atoms with Gasteiger partial charge in [0, 0.05) is 12.6 Å². The van der Waals surface area contributed by atoms with E-state index in [-0.39, 0.29) is 6.61 Å². The number of aliphatic hydroxyl groups is 1. The van der Waals surface area contributed by atoms with Crippen molar-refractivity contribution in [1.82, 2.24) is 15.0 Å². The number of aryl methyl sites for hydroxylation is 1. The molecular weight excluding hydrogens is 154 g/mol. The van der Waals surface area contributed by atoms with E-state index in [2.05, 4.69) is 10.3 Å². The second kappa shape index (κ2) is 2.57. The Kier molecular flexibility index (Phi) is 1.55. The van der Waals surface area contributed by atoms with Crippen LogP contribution in [-0.4, -0.2) is 20.1 Å². The Morgan fingerprint density at radius 2 is 2.33 bits per heavy atom. The molecule has 0 aliphatic heterocycles. The third-order valence-electron chi connectivity index (χ3n) is 1.90. The Morgan fingerprint density at radius 3 is 3.08 bits per heavy atom. The summed E-state index contributed by atoms with van der Waals surface area (Å²) in [6, 6.07) is 5.66. The molecule has 1 aromatic carbocycles. The molecule has 0 bridgehead atoms. The number of hydrogen-bond acceptors (Lipinski definition) is 3. The summed E-state index contributed by atoms with van der Waals surface area (Å²) in [7, 11) is 1.83. The van der Waals surface area contributed by atoms with Gasteiger partial charge in [-0.05, 0) is 6.07 Å². The van der Waals surface area contributed by atoms with Crippen molar-refractivity contribution in [3.05, 3.63) is 23.8 Å². The molecule has 2 aromatic rings. The van der Waals surface area contributed by atoms with Crippen molar-refractivity contribution in [2.24, 2.45) is 7.05 Å². The molecule has 0 fully saturated rings. The highest BCUT2D eigenvalue weighted by molar-refractivity contribution is 5.77. The highest BCUT2D eigenvalue weighted by atomic mass is 16.3. The standard InChI is InChI=1S/C8H9N3O/c1-11-7-4-2-3-6(5-12)8(7)9-10-11/h2-4,12H,5H2,1H3. The number of rotatable bonds is 1. The van der Waals surface area contributed by atoms with Crippen LogP contribution in [0.2, 0.25) is 0 Å². The highest BCUT2D eigenvalue weighted by Crippen LogP contribution is 2.14. The van der Waals surface area contributed by atoms with Crippen LogP contribution < -0.4 is 0 Å². The van der Waals surface area contributed by atoms with Gasteiger partial charge in [-0.15, -0.1) is 5.10 Å². The van der Waals surface area contributed by atoms with E-state index in [4.69, 9.17) is 5.11 Å². The van der Waals surface area contributed by atoms with Gasteiger partial charge in [0.2, 0.25) is 0 Å². The molecule has 0 spiro atoms. The van der Waals surface area contributed by atoms with Gasteiger partial charge in [-0.2, -0.15) is 0 Å². The first-order valence-corrected chi connectivity index (χ1v) is 3.71. The number of fused-ring (bicyclic) bond motifs is 1. The maximum Gasteiger partial charge on any atom is 0.118 e. The lowest BCUT2D eigenvalue weighted by Crippen LogP contribution is -1.89. The van der Waals surface area contributed by atoms with Gasteiger partial charge in [0.15, 0.2) is 0 Å². The Balaban J connectivity index is 2.81. The van der Waals surface area contributed by atoms with Crippen LogP contribution in [0.5, 0.6) is 0 Å². The molecule has 1 aromatic heterocycles. The fourth-order valence-electron chi connectivity index (χ4n) is 1.24. The van der Waals surface area contributed by atoms with Crippen LogP contribution in [0.4, 0.5) is 0 Å². The molecule has 0 aliphatic carbocycles. The molecule has 0 radical (unpaired) electrons. The summed E-state index contributed by atoms with van der Waals surface area (Å²) in [6.07, 6.45) is 0. The molecule has 0 saturated carbocycles. The zero-order valence-corrected chi connectivity index (χ0v) is 6.73. The maximum atomic E-state index is 8.97. The van der Waals surface area contributed by atoms with Crippen molar-refractivity contribution in [2.45, 2.75) is 6.61 Å². The molecule has 4 nitrogen and oxygen atoms in total. The van der Waals surface area contributed by atoms with Gasteiger partial charge in [0.1, 0.15) is 5.52 Å². The first-order chi connectivity index (χ1) is 5.83. The molecule has 1 N–H and O–H groups in total. The fourth-order valence-corrected chi connectivity index (χ4v) is 1.24. The van der Waals surface area contributed by atoms with Crippen LogP contribution in [0.25, 0.3) is 11.0 Å². The molecule has 1 heterocycles. The zero-order valence-electron chi connectivity index (χ0n) is 6.73. The summed E-state index contributed by atoms with van der Waals surface area (Å²) in [5.41, 5.74) is 2.55. The number of hydrogen-bond donors (Lipinski definition) is 1. The smallest absolute Gasteiger partial charge is 0.118 e. The molecule has 0 atom stereocenters. The second-order valence-electron chi connectivity index (χ2n) is 2.66. The van der Waals surface area contributed by atoms with Crippen LogP contribution in [-0.2, 0) is 13.7 Å². The molecular formula is C8H9N3O. The number of aliphatic hydroxyl groups excluding tert-OH is 1. The molecule has 0 saturated heterocycles. The predicted molar refractivity (Wildman–Crippen MR) is 44.4 cm³/mol. The van der Waals surface area contributed by atoms with Gasteiger partial charge in [0.25, 0.3) is 0 Å². The first-order valence-electron chi connectivity index (χ1n) is 3.71. The molecule has 4 heteroatoms. The van der Waals surface area contributed by atoms with Crippen LogP contribution in [0, 0.1) is 0 Å². The number of nitrogens with zero attached hydrogens (tertiary/aromatic N) is 3. The minimum Gasteiger partial charge on any atom is -0.392 e. The van der Waals surface area contributed by atoms with E-state index in [1.165, 1.54) is 0 Å². The average Bonchev–Trinajstić information content (AvgIpc) is 2.48. The van der Waals surface area contributed by atoms with E-state index in [0.717, 1.165) is 16.6 Å². The normalized spacial score (nSPS) is 10.8. The van der Waals surface area contributed by atoms with E-state index >= 15 is 0 Å². The van der Waals surface area contributed by atoms with Crippen LogP contribution in [0.1, 0.15) is 5.56 Å². The molecule has 2 rings (SSSR count). The van der Waals surface area contributed by atoms with E-state index in [9.17, 15) is 0 Å². The molecule has 0 unspecified atom stereocenters. The van der Waals surface area contributed by atoms with Crippen molar-refractivity contribution in [1.29, 1.82) is 0 Å². The third kappa shape index (κ3) is 0.887. The van der Waals surface area contributed by atoms with Gasteiger partial charge in [0.05, 0.1) is 12.1 Å². The van der Waals surface area contributed by atoms with E-state index in [0.29, 0.717) is 0 Å². The van der Waals surface area contributed by atoms with Crippen molar-refractivity contribution in [2.75, 3.05) is 0 Å². The highest BCUT2D eigenvalue weighted by Gasteiger charge is 2.04. The topological polar surface area (TPSA) is 50.9 Å². The minimum absolute atomic E-state index is 0.00995. The zero-order chi connectivity index (χ0) is 8.55. The van der Waals surface area contributed by atoms with Crippen LogP contribution >= 0.6 is 0 Å². The van der Waals surface area contributed by atoms with E-state index < -0.39 is 0 Å². The summed E-state index contributed by atoms with van der Waals surface area (Å²) >= 11 is 0. The summed E-state index contributed by atoms with van der Waals surface area (Å²) in [4.78, 5) is 0. The van der Waals surface area contributed by atoms with Gasteiger partial charge < -0.3 is 5.11 Å². The number of benzene rings is 1. The Hall–Kier alpha value is -1.42. The quantitative estimate of drug-likeness (QED) is 0.664. The summed E-state index contributed by atoms with van der Waals surface area (Å²) in [5, 5.41) is 16.8. The molecule has 12 heavy (non-hydrogen) atoms. The summed E-state index contributed by atoms with van der Waals surface area (Å²) in [6.45, 7) is 0.00995. The van der Waals surface area contributed by atoms with Gasteiger partial charge in [-0.3, -0.25) is 0 Å². The van der Waals surface area contributed by atoms with Crippen molar-refractivity contribution in [3.8, 4) is 0 Å². The van der Waals surface area contributed by atoms with E-state index in [1.54, 1.807) is 4.68 Å². The van der Waals surface area contributed by atoms with Crippen molar-refractivity contribution in [3.63, 3.8) is 0 Å². The SMILES string of the molecule is Cn1nnc2c(CO)cccc21. The average molecular weight is 163 g/mol. The van der Waals surface area contributed by atoms with Gasteiger partial charge in [-0.25, -0.2) is 4.68 Å². The predicted octanol–water partition coefficient (Wildman–Crippen LogP) is 0.461. The molecule has 0 aliphatic rings. The minimum atomic E-state index is 0.00995. The van der Waals surface area contributed by atoms with Crippen molar-refractivity contribution < 1.29 is 5.11 Å². The molecule has 0 amide bonds. The van der Waals surface area contributed by atoms with Crippen LogP contribution in [0.3, 0.4) is 0 Å². The second-order valence-corrected chi connectivity index (χ2v) is 2.66. The largest absolute Gasteiger partial charge is 0.392 e.